The van der Waals surface area contributed by atoms with Gasteiger partial charge < -0.3 is 0 Å². The molecule has 3 aromatic heterocycles. The normalized spacial score (nSPS) is 10.3. The van der Waals surface area contributed by atoms with Gasteiger partial charge in [-0.2, -0.15) is 13.2 Å². The van der Waals surface area contributed by atoms with Crippen LogP contribution < -0.4 is 17.1 Å². The largest absolute Gasteiger partial charge is 0.451 e. The number of hydrogen-bond acceptors (Lipinski definition) is 6. The van der Waals surface area contributed by atoms with Crippen LogP contribution in [0.15, 0.2) is 14.4 Å². The van der Waals surface area contributed by atoms with Gasteiger partial charge in [-0.05, 0) is 19.1 Å². The van der Waals surface area contributed by atoms with Crippen molar-refractivity contribution in [1.29, 1.82) is 0 Å². The van der Waals surface area contributed by atoms with E-state index in [0.29, 0.717) is 4.77 Å². The van der Waals surface area contributed by atoms with Crippen LogP contribution in [0, 0.1) is 11.7 Å². The van der Waals surface area contributed by atoms with Crippen molar-refractivity contribution in [2.24, 2.45) is 0 Å². The molecule has 0 saturated heterocycles. The third kappa shape index (κ3) is 6.73. The maximum absolute atomic E-state index is 11.5. The molecule has 0 atom stereocenters. The van der Waals surface area contributed by atoms with Gasteiger partial charge in [0.05, 0.1) is 0 Å². The highest BCUT2D eigenvalue weighted by atomic mass is 32.1. The summed E-state index contributed by atoms with van der Waals surface area (Å²) >= 11 is 4.63. The highest BCUT2D eigenvalue weighted by Crippen LogP contribution is 2.24. The fourth-order valence-corrected chi connectivity index (χ4v) is 1.22. The van der Waals surface area contributed by atoms with Crippen LogP contribution in [0.1, 0.15) is 11.6 Å². The lowest BCUT2D eigenvalue weighted by Gasteiger charge is -1.97. The quantitative estimate of drug-likeness (QED) is 0.256. The average molecular weight is 369 g/mol. The van der Waals surface area contributed by atoms with E-state index in [1.165, 1.54) is 4.98 Å². The molecule has 0 unspecified atom stereocenters. The maximum atomic E-state index is 11.5. The molecule has 3 rings (SSSR count). The summed E-state index contributed by atoms with van der Waals surface area (Å²) in [5.74, 6) is -0.484. The number of H-pyrrole nitrogens is 7. The molecule has 0 radical (unpaired) electrons. The summed E-state index contributed by atoms with van der Waals surface area (Å²) in [7, 11) is 0. The molecule has 16 heteroatoms. The topological polar surface area (TPSA) is 188 Å². The standard InChI is InChI=1S/C3H2F3N3O.C3H5N3S.C2H3N3O2/c4-3(5,6)1-7-2(10)9-8-1;1-2-4-3(7)6-5-2;6-1-3-2(7)5-4-1/h(H2,7,8,9,10);1H3,(H2,4,5,6,7);(H3,3,4,5,6,7). The molecule has 0 aliphatic heterocycles. The summed E-state index contributed by atoms with van der Waals surface area (Å²) in [4.78, 5) is 37.2. The first-order valence-corrected chi connectivity index (χ1v) is 6.19. The third-order valence-electron chi connectivity index (χ3n) is 1.91. The van der Waals surface area contributed by atoms with Gasteiger partial charge in [-0.15, -0.1) is 5.10 Å². The zero-order valence-electron chi connectivity index (χ0n) is 11.7. The van der Waals surface area contributed by atoms with Crippen molar-refractivity contribution in [2.45, 2.75) is 13.1 Å². The van der Waals surface area contributed by atoms with Gasteiger partial charge in [0.25, 0.3) is 0 Å². The van der Waals surface area contributed by atoms with Crippen LogP contribution in [-0.2, 0) is 6.18 Å². The third-order valence-corrected chi connectivity index (χ3v) is 2.10. The number of alkyl halides is 3. The molecule has 0 saturated carbocycles. The Labute approximate surface area is 132 Å². The van der Waals surface area contributed by atoms with Crippen LogP contribution in [-0.4, -0.2) is 45.5 Å². The van der Waals surface area contributed by atoms with Gasteiger partial charge in [-0.1, -0.05) is 0 Å². The Kier molecular flexibility index (Phi) is 6.22. The molecule has 132 valence electrons. The summed E-state index contributed by atoms with van der Waals surface area (Å²) in [6.07, 6.45) is -4.58. The second kappa shape index (κ2) is 7.90. The van der Waals surface area contributed by atoms with E-state index in [1.54, 1.807) is 5.10 Å². The first-order chi connectivity index (χ1) is 11.1. The molecule has 24 heavy (non-hydrogen) atoms. The predicted octanol–water partition coefficient (Wildman–Crippen LogP) is -0.716. The highest BCUT2D eigenvalue weighted by Gasteiger charge is 2.34. The zero-order chi connectivity index (χ0) is 18.3. The molecule has 0 spiro atoms. The van der Waals surface area contributed by atoms with E-state index >= 15 is 0 Å². The molecule has 0 amide bonds. The second-order valence-corrected chi connectivity index (χ2v) is 4.20. The Morgan fingerprint density at radius 1 is 0.917 bits per heavy atom. The molecule has 0 aliphatic rings. The van der Waals surface area contributed by atoms with Crippen LogP contribution >= 0.6 is 12.2 Å². The van der Waals surface area contributed by atoms with Crippen LogP contribution in [0.5, 0.6) is 0 Å². The SMILES string of the molecule is Cc1nc(=S)[nH][nH]1.O=c1[nH][nH]c(=O)[nH]1.O=c1[nH]nc(C(F)(F)F)[nH]1. The summed E-state index contributed by atoms with van der Waals surface area (Å²) in [6.45, 7) is 1.84. The minimum Gasteiger partial charge on any atom is -0.286 e. The van der Waals surface area contributed by atoms with Crippen molar-refractivity contribution in [1.82, 2.24) is 45.5 Å². The molecule has 3 aromatic rings. The Hall–Kier alpha value is -3.17. The highest BCUT2D eigenvalue weighted by molar-refractivity contribution is 7.71. The van der Waals surface area contributed by atoms with Crippen molar-refractivity contribution in [3.8, 4) is 0 Å². The van der Waals surface area contributed by atoms with E-state index in [1.807, 2.05) is 22.1 Å². The molecular formula is C8H10F3N9O3S. The lowest BCUT2D eigenvalue weighted by Crippen LogP contribution is -2.09. The summed E-state index contributed by atoms with van der Waals surface area (Å²) in [6, 6.07) is 0. The van der Waals surface area contributed by atoms with Crippen LogP contribution in [0.3, 0.4) is 0 Å². The molecule has 7 N–H and O–H groups in total. The smallest absolute Gasteiger partial charge is 0.286 e. The van der Waals surface area contributed by atoms with Gasteiger partial charge >= 0.3 is 23.2 Å². The van der Waals surface area contributed by atoms with Crippen molar-refractivity contribution in [2.75, 3.05) is 0 Å². The maximum Gasteiger partial charge on any atom is 0.451 e. The molecule has 12 nitrogen and oxygen atoms in total. The van der Waals surface area contributed by atoms with E-state index in [4.69, 9.17) is 0 Å². The number of rotatable bonds is 0. The number of halogens is 3. The Balaban J connectivity index is 0.000000185. The van der Waals surface area contributed by atoms with E-state index in [9.17, 15) is 27.6 Å². The lowest BCUT2D eigenvalue weighted by atomic mass is 10.6. The predicted molar refractivity (Wildman–Crippen MR) is 74.8 cm³/mol. The summed E-state index contributed by atoms with van der Waals surface area (Å²) in [5.41, 5.74) is -1.98. The first kappa shape index (κ1) is 18.9. The summed E-state index contributed by atoms with van der Waals surface area (Å²) < 4.78 is 35.2. The summed E-state index contributed by atoms with van der Waals surface area (Å²) in [5, 5.41) is 13.7. The first-order valence-electron chi connectivity index (χ1n) is 5.78. The van der Waals surface area contributed by atoms with Crippen LogP contribution in [0.4, 0.5) is 13.2 Å². The van der Waals surface area contributed by atoms with E-state index in [-0.39, 0.29) is 0 Å². The lowest BCUT2D eigenvalue weighted by molar-refractivity contribution is -0.144. The van der Waals surface area contributed by atoms with Gasteiger partial charge in [0.1, 0.15) is 5.82 Å². The van der Waals surface area contributed by atoms with Gasteiger partial charge in [-0.3, -0.25) is 20.2 Å². The molecule has 0 aromatic carbocycles. The number of aryl methyl sites for hydroxylation is 1. The van der Waals surface area contributed by atoms with Crippen molar-refractivity contribution in [3.05, 3.63) is 47.9 Å². The van der Waals surface area contributed by atoms with Crippen molar-refractivity contribution < 1.29 is 13.2 Å². The molecule has 0 aliphatic carbocycles. The van der Waals surface area contributed by atoms with E-state index in [2.05, 4.69) is 32.5 Å². The zero-order valence-corrected chi connectivity index (χ0v) is 12.5. The molecule has 0 fully saturated rings. The molecule has 0 bridgehead atoms. The number of aromatic amines is 7. The van der Waals surface area contributed by atoms with Gasteiger partial charge in [0, 0.05) is 0 Å². The van der Waals surface area contributed by atoms with Crippen molar-refractivity contribution in [3.63, 3.8) is 0 Å². The van der Waals surface area contributed by atoms with Crippen LogP contribution in [0.25, 0.3) is 0 Å². The monoisotopic (exact) mass is 369 g/mol. The minimum atomic E-state index is -4.58. The fraction of sp³-hybridized carbons (Fsp3) is 0.250. The van der Waals surface area contributed by atoms with Crippen molar-refractivity contribution >= 4 is 12.2 Å². The number of nitrogens with one attached hydrogen (secondary N) is 7. The Morgan fingerprint density at radius 3 is 1.67 bits per heavy atom. The molecule has 3 heterocycles. The average Bonchev–Trinajstić information content (AvgIpc) is 3.14. The van der Waals surface area contributed by atoms with Crippen LogP contribution in [0.2, 0.25) is 0 Å². The molecular weight excluding hydrogens is 359 g/mol. The van der Waals surface area contributed by atoms with E-state index in [0.717, 1.165) is 5.82 Å². The van der Waals surface area contributed by atoms with E-state index < -0.39 is 29.1 Å². The second-order valence-electron chi connectivity index (χ2n) is 3.81. The Morgan fingerprint density at radius 2 is 1.50 bits per heavy atom. The van der Waals surface area contributed by atoms with Gasteiger partial charge in [0.2, 0.25) is 10.6 Å². The van der Waals surface area contributed by atoms with Gasteiger partial charge in [0.15, 0.2) is 0 Å². The number of hydrogen-bond donors (Lipinski definition) is 7. The minimum absolute atomic E-state index is 0.509. The Bertz CT molecular complexity index is 943. The van der Waals surface area contributed by atoms with Gasteiger partial charge in [-0.25, -0.2) is 34.7 Å². The number of nitrogens with zero attached hydrogens (tertiary/aromatic N) is 2. The fourth-order valence-electron chi connectivity index (χ4n) is 1.04. The number of aromatic nitrogens is 9.